The van der Waals surface area contributed by atoms with Crippen LogP contribution in [-0.4, -0.2) is 6.04 Å². The largest absolute Gasteiger partial charge is 0.461 e. The Morgan fingerprint density at radius 2 is 2.12 bits per heavy atom. The average Bonchev–Trinajstić information content (AvgIpc) is 2.69. The van der Waals surface area contributed by atoms with E-state index in [1.54, 1.807) is 0 Å². The quantitative estimate of drug-likeness (QED) is 0.919. The average molecular weight is 315 g/mol. The second kappa shape index (κ2) is 5.25. The molecule has 1 unspecified atom stereocenters. The number of halogens is 2. The smallest absolute Gasteiger partial charge is 0.135 e. The SMILES string of the molecule is CC(N)Cc1ccc(-c2cccc(Cl)c2Br)o1. The van der Waals surface area contributed by atoms with Gasteiger partial charge in [-0.15, -0.1) is 0 Å². The fraction of sp³-hybridized carbons (Fsp3) is 0.231. The van der Waals surface area contributed by atoms with E-state index in [4.69, 9.17) is 21.8 Å². The zero-order valence-electron chi connectivity index (χ0n) is 9.41. The van der Waals surface area contributed by atoms with Crippen molar-refractivity contribution in [1.29, 1.82) is 0 Å². The Hall–Kier alpha value is -0.770. The van der Waals surface area contributed by atoms with Crippen LogP contribution in [0.1, 0.15) is 12.7 Å². The monoisotopic (exact) mass is 313 g/mol. The highest BCUT2D eigenvalue weighted by Gasteiger charge is 2.11. The van der Waals surface area contributed by atoms with Gasteiger partial charge in [-0.2, -0.15) is 0 Å². The molecule has 0 aliphatic carbocycles. The van der Waals surface area contributed by atoms with Gasteiger partial charge in [0, 0.05) is 22.5 Å². The maximum absolute atomic E-state index is 6.05. The first-order valence-corrected chi connectivity index (χ1v) is 6.53. The number of hydrogen-bond acceptors (Lipinski definition) is 2. The summed E-state index contributed by atoms with van der Waals surface area (Å²) in [6.07, 6.45) is 0.734. The van der Waals surface area contributed by atoms with E-state index in [0.29, 0.717) is 5.02 Å². The predicted octanol–water partition coefficient (Wildman–Crippen LogP) is 4.25. The van der Waals surface area contributed by atoms with Gasteiger partial charge < -0.3 is 10.2 Å². The van der Waals surface area contributed by atoms with E-state index >= 15 is 0 Å². The molecule has 0 radical (unpaired) electrons. The predicted molar refractivity (Wildman–Crippen MR) is 74.2 cm³/mol. The lowest BCUT2D eigenvalue weighted by Crippen LogP contribution is -2.17. The molecule has 0 saturated heterocycles. The molecule has 0 spiro atoms. The third-order valence-electron chi connectivity index (χ3n) is 2.40. The Bertz CT molecular complexity index is 522. The highest BCUT2D eigenvalue weighted by atomic mass is 79.9. The van der Waals surface area contributed by atoms with Gasteiger partial charge >= 0.3 is 0 Å². The van der Waals surface area contributed by atoms with Crippen LogP contribution in [0.25, 0.3) is 11.3 Å². The molecule has 0 aliphatic heterocycles. The van der Waals surface area contributed by atoms with Crippen LogP contribution in [0.4, 0.5) is 0 Å². The van der Waals surface area contributed by atoms with Gasteiger partial charge in [-0.1, -0.05) is 17.7 Å². The first kappa shape index (κ1) is 12.7. The molecule has 0 bridgehead atoms. The number of rotatable bonds is 3. The molecular formula is C13H13BrClNO. The summed E-state index contributed by atoms with van der Waals surface area (Å²) in [5.74, 6) is 1.69. The van der Waals surface area contributed by atoms with Gasteiger partial charge in [0.05, 0.1) is 5.02 Å². The third-order valence-corrected chi connectivity index (χ3v) is 3.80. The Morgan fingerprint density at radius 1 is 1.35 bits per heavy atom. The molecule has 0 amide bonds. The van der Waals surface area contributed by atoms with Gasteiger partial charge in [-0.25, -0.2) is 0 Å². The Balaban J connectivity index is 2.34. The van der Waals surface area contributed by atoms with E-state index in [1.165, 1.54) is 0 Å². The van der Waals surface area contributed by atoms with Crippen LogP contribution in [0.15, 0.2) is 39.2 Å². The summed E-state index contributed by atoms with van der Waals surface area (Å²) in [4.78, 5) is 0. The Labute approximate surface area is 114 Å². The van der Waals surface area contributed by atoms with Crippen LogP contribution in [0, 0.1) is 0 Å². The van der Waals surface area contributed by atoms with Crippen molar-refractivity contribution in [1.82, 2.24) is 0 Å². The molecule has 4 heteroatoms. The Morgan fingerprint density at radius 3 is 2.82 bits per heavy atom. The van der Waals surface area contributed by atoms with E-state index < -0.39 is 0 Å². The minimum Gasteiger partial charge on any atom is -0.461 e. The lowest BCUT2D eigenvalue weighted by Gasteiger charge is -2.03. The normalized spacial score (nSPS) is 12.7. The molecule has 17 heavy (non-hydrogen) atoms. The maximum atomic E-state index is 6.05. The van der Waals surface area contributed by atoms with Crippen LogP contribution in [0.3, 0.4) is 0 Å². The standard InChI is InChI=1S/C13H13BrClNO/c1-8(16)7-9-5-6-12(17-9)10-3-2-4-11(15)13(10)14/h2-6,8H,7,16H2,1H3. The lowest BCUT2D eigenvalue weighted by molar-refractivity contribution is 0.503. The summed E-state index contributed by atoms with van der Waals surface area (Å²) in [5, 5.41) is 0.674. The van der Waals surface area contributed by atoms with Gasteiger partial charge in [0.2, 0.25) is 0 Å². The third kappa shape index (κ3) is 2.92. The summed E-state index contributed by atoms with van der Waals surface area (Å²) in [6, 6.07) is 9.68. The Kier molecular flexibility index (Phi) is 3.92. The van der Waals surface area contributed by atoms with Crippen molar-refractivity contribution in [2.45, 2.75) is 19.4 Å². The molecule has 0 fully saturated rings. The van der Waals surface area contributed by atoms with E-state index in [9.17, 15) is 0 Å². The lowest BCUT2D eigenvalue weighted by atomic mass is 10.2. The zero-order valence-corrected chi connectivity index (χ0v) is 11.8. The second-order valence-electron chi connectivity index (χ2n) is 4.05. The summed E-state index contributed by atoms with van der Waals surface area (Å²) in [5.41, 5.74) is 6.69. The van der Waals surface area contributed by atoms with Crippen molar-refractivity contribution in [3.8, 4) is 11.3 Å². The van der Waals surface area contributed by atoms with Crippen LogP contribution >= 0.6 is 27.5 Å². The zero-order chi connectivity index (χ0) is 12.4. The van der Waals surface area contributed by atoms with Crippen LogP contribution < -0.4 is 5.73 Å². The molecule has 1 atom stereocenters. The molecule has 1 aromatic carbocycles. The van der Waals surface area contributed by atoms with Crippen molar-refractivity contribution in [3.05, 3.63) is 45.6 Å². The summed E-state index contributed by atoms with van der Waals surface area (Å²) in [6.45, 7) is 1.96. The molecule has 0 saturated carbocycles. The van der Waals surface area contributed by atoms with E-state index in [2.05, 4.69) is 15.9 Å². The van der Waals surface area contributed by atoms with Crippen molar-refractivity contribution in [3.63, 3.8) is 0 Å². The minimum atomic E-state index is 0.0943. The molecule has 90 valence electrons. The first-order chi connectivity index (χ1) is 8.08. The van der Waals surface area contributed by atoms with Crippen molar-refractivity contribution < 1.29 is 4.42 Å². The highest BCUT2D eigenvalue weighted by molar-refractivity contribution is 9.10. The van der Waals surface area contributed by atoms with Gasteiger partial charge in [0.15, 0.2) is 0 Å². The fourth-order valence-corrected chi connectivity index (χ4v) is 2.28. The highest BCUT2D eigenvalue weighted by Crippen LogP contribution is 2.34. The number of nitrogens with two attached hydrogens (primary N) is 1. The van der Waals surface area contributed by atoms with E-state index in [0.717, 1.165) is 28.0 Å². The summed E-state index contributed by atoms with van der Waals surface area (Å²) >= 11 is 9.51. The number of benzene rings is 1. The second-order valence-corrected chi connectivity index (χ2v) is 5.25. The molecule has 1 aromatic heterocycles. The van der Waals surface area contributed by atoms with Crippen LogP contribution in [0.5, 0.6) is 0 Å². The van der Waals surface area contributed by atoms with Crippen LogP contribution in [-0.2, 0) is 6.42 Å². The number of furan rings is 1. The van der Waals surface area contributed by atoms with Crippen molar-refractivity contribution >= 4 is 27.5 Å². The topological polar surface area (TPSA) is 39.2 Å². The summed E-state index contributed by atoms with van der Waals surface area (Å²) in [7, 11) is 0. The van der Waals surface area contributed by atoms with E-state index in [1.807, 2.05) is 37.3 Å². The molecule has 0 aliphatic rings. The number of hydrogen-bond donors (Lipinski definition) is 1. The summed E-state index contributed by atoms with van der Waals surface area (Å²) < 4.78 is 6.60. The van der Waals surface area contributed by atoms with Gasteiger partial charge in [0.25, 0.3) is 0 Å². The fourth-order valence-electron chi connectivity index (χ4n) is 1.64. The van der Waals surface area contributed by atoms with Crippen molar-refractivity contribution in [2.75, 3.05) is 0 Å². The molecule has 2 nitrogen and oxygen atoms in total. The van der Waals surface area contributed by atoms with Crippen LogP contribution in [0.2, 0.25) is 5.02 Å². The first-order valence-electron chi connectivity index (χ1n) is 5.36. The molecule has 2 aromatic rings. The molecule has 1 heterocycles. The van der Waals surface area contributed by atoms with Crippen molar-refractivity contribution in [2.24, 2.45) is 5.73 Å². The molecular weight excluding hydrogens is 302 g/mol. The van der Waals surface area contributed by atoms with Gasteiger partial charge in [-0.3, -0.25) is 0 Å². The van der Waals surface area contributed by atoms with Gasteiger partial charge in [-0.05, 0) is 47.1 Å². The molecule has 2 rings (SSSR count). The van der Waals surface area contributed by atoms with E-state index in [-0.39, 0.29) is 6.04 Å². The van der Waals surface area contributed by atoms with Gasteiger partial charge in [0.1, 0.15) is 11.5 Å². The maximum Gasteiger partial charge on any atom is 0.135 e. The molecule has 2 N–H and O–H groups in total. The minimum absolute atomic E-state index is 0.0943.